The zero-order valence-corrected chi connectivity index (χ0v) is 23.6. The SMILES string of the molecule is O=C(O)CCN(CCC(c1ccccc1)c1ccccc1)C(=O)C(NC(=O)[C@@H]1CCCC[C@H]1C(=O)O)c1ccccc1. The number of carbonyl (C=O) groups excluding carboxylic acids is 2. The Morgan fingerprint density at radius 3 is 1.71 bits per heavy atom. The number of amides is 2. The maximum absolute atomic E-state index is 14.2. The van der Waals surface area contributed by atoms with Gasteiger partial charge in [-0.25, -0.2) is 0 Å². The van der Waals surface area contributed by atoms with Gasteiger partial charge in [0.15, 0.2) is 0 Å². The summed E-state index contributed by atoms with van der Waals surface area (Å²) in [7, 11) is 0. The molecule has 2 amide bonds. The van der Waals surface area contributed by atoms with Gasteiger partial charge in [0.25, 0.3) is 0 Å². The predicted octanol–water partition coefficient (Wildman–Crippen LogP) is 5.26. The fourth-order valence-electron chi connectivity index (χ4n) is 5.85. The molecule has 1 aliphatic rings. The first kappa shape index (κ1) is 30.5. The van der Waals surface area contributed by atoms with Crippen LogP contribution in [0.25, 0.3) is 0 Å². The Morgan fingerprint density at radius 1 is 0.714 bits per heavy atom. The molecule has 1 aliphatic carbocycles. The van der Waals surface area contributed by atoms with Gasteiger partial charge in [-0.05, 0) is 36.0 Å². The summed E-state index contributed by atoms with van der Waals surface area (Å²) < 4.78 is 0. The second-order valence-electron chi connectivity index (χ2n) is 10.8. The van der Waals surface area contributed by atoms with E-state index in [1.54, 1.807) is 30.3 Å². The minimum absolute atomic E-state index is 0.0230. The zero-order valence-electron chi connectivity index (χ0n) is 23.6. The Hall–Kier alpha value is -4.46. The summed E-state index contributed by atoms with van der Waals surface area (Å²) in [6.07, 6.45) is 2.65. The number of rotatable bonds is 13. The van der Waals surface area contributed by atoms with E-state index in [4.69, 9.17) is 0 Å². The fourth-order valence-corrected chi connectivity index (χ4v) is 5.85. The number of carbonyl (C=O) groups is 4. The maximum Gasteiger partial charge on any atom is 0.307 e. The smallest absolute Gasteiger partial charge is 0.307 e. The van der Waals surface area contributed by atoms with Crippen molar-refractivity contribution >= 4 is 23.8 Å². The number of nitrogens with one attached hydrogen (secondary N) is 1. The molecule has 0 aliphatic heterocycles. The lowest BCUT2D eigenvalue weighted by molar-refractivity contribution is -0.149. The first-order valence-electron chi connectivity index (χ1n) is 14.5. The molecule has 8 heteroatoms. The van der Waals surface area contributed by atoms with Crippen molar-refractivity contribution in [1.29, 1.82) is 0 Å². The van der Waals surface area contributed by atoms with Gasteiger partial charge in [-0.2, -0.15) is 0 Å². The van der Waals surface area contributed by atoms with Gasteiger partial charge in [-0.1, -0.05) is 104 Å². The average Bonchev–Trinajstić information content (AvgIpc) is 3.02. The summed E-state index contributed by atoms with van der Waals surface area (Å²) in [5.74, 6) is -4.48. The van der Waals surface area contributed by atoms with Crippen LogP contribution in [-0.2, 0) is 19.2 Å². The summed E-state index contributed by atoms with van der Waals surface area (Å²) in [6, 6.07) is 27.7. The monoisotopic (exact) mass is 570 g/mol. The van der Waals surface area contributed by atoms with Crippen LogP contribution in [0.5, 0.6) is 0 Å². The van der Waals surface area contributed by atoms with Gasteiger partial charge in [-0.3, -0.25) is 19.2 Å². The molecule has 0 radical (unpaired) electrons. The molecule has 42 heavy (non-hydrogen) atoms. The van der Waals surface area contributed by atoms with Gasteiger partial charge in [0.2, 0.25) is 11.8 Å². The molecule has 1 saturated carbocycles. The van der Waals surface area contributed by atoms with Gasteiger partial charge in [0.1, 0.15) is 6.04 Å². The van der Waals surface area contributed by atoms with E-state index in [1.807, 2.05) is 60.7 Å². The summed E-state index contributed by atoms with van der Waals surface area (Å²) in [4.78, 5) is 52.6. The molecule has 0 spiro atoms. The van der Waals surface area contributed by atoms with Crippen molar-refractivity contribution in [2.75, 3.05) is 13.1 Å². The first-order valence-corrected chi connectivity index (χ1v) is 14.5. The van der Waals surface area contributed by atoms with Crippen molar-refractivity contribution < 1.29 is 29.4 Å². The standard InChI is InChI=1S/C34H38N2O6/c37-30(38)21-23-36(22-20-27(24-12-4-1-5-13-24)25-14-6-2-7-15-25)33(40)31(26-16-8-3-9-17-26)35-32(39)28-18-10-11-19-29(28)34(41)42/h1-9,12-17,27-29,31H,10-11,18-23H2,(H,35,39)(H,37,38)(H,41,42)/t28-,29-,31?/m1/s1. The van der Waals surface area contributed by atoms with Crippen molar-refractivity contribution in [3.05, 3.63) is 108 Å². The molecule has 3 atom stereocenters. The molecule has 8 nitrogen and oxygen atoms in total. The van der Waals surface area contributed by atoms with Crippen molar-refractivity contribution in [2.24, 2.45) is 11.8 Å². The molecule has 220 valence electrons. The first-order chi connectivity index (χ1) is 20.3. The average molecular weight is 571 g/mol. The van der Waals surface area contributed by atoms with Gasteiger partial charge in [0, 0.05) is 19.0 Å². The zero-order chi connectivity index (χ0) is 29.9. The Labute approximate surface area is 246 Å². The van der Waals surface area contributed by atoms with Gasteiger partial charge >= 0.3 is 11.9 Å². The molecular weight excluding hydrogens is 532 g/mol. The van der Waals surface area contributed by atoms with E-state index in [0.29, 0.717) is 24.8 Å². The van der Waals surface area contributed by atoms with E-state index in [0.717, 1.165) is 24.0 Å². The summed E-state index contributed by atoms with van der Waals surface area (Å²) in [5.41, 5.74) is 2.72. The third-order valence-corrected chi connectivity index (χ3v) is 8.09. The largest absolute Gasteiger partial charge is 0.481 e. The Balaban J connectivity index is 1.61. The highest BCUT2D eigenvalue weighted by Gasteiger charge is 2.38. The van der Waals surface area contributed by atoms with Crippen LogP contribution < -0.4 is 5.32 Å². The van der Waals surface area contributed by atoms with Crippen LogP contribution in [0.3, 0.4) is 0 Å². The molecule has 0 saturated heterocycles. The molecule has 4 rings (SSSR count). The molecule has 3 aromatic rings. The normalized spacial score (nSPS) is 17.3. The van der Waals surface area contributed by atoms with E-state index in [9.17, 15) is 29.4 Å². The highest BCUT2D eigenvalue weighted by atomic mass is 16.4. The molecule has 3 N–H and O–H groups in total. The van der Waals surface area contributed by atoms with Crippen molar-refractivity contribution in [3.63, 3.8) is 0 Å². The minimum Gasteiger partial charge on any atom is -0.481 e. The second kappa shape index (κ2) is 15.0. The van der Waals surface area contributed by atoms with E-state index in [1.165, 1.54) is 4.90 Å². The van der Waals surface area contributed by atoms with Crippen molar-refractivity contribution in [2.45, 2.75) is 50.5 Å². The molecule has 3 aromatic carbocycles. The highest BCUT2D eigenvalue weighted by Crippen LogP contribution is 2.32. The molecular formula is C34H38N2O6. The van der Waals surface area contributed by atoms with Crippen LogP contribution in [0, 0.1) is 11.8 Å². The Bertz CT molecular complexity index is 1290. The van der Waals surface area contributed by atoms with E-state index in [2.05, 4.69) is 5.32 Å². The lowest BCUT2D eigenvalue weighted by Gasteiger charge is -2.32. The molecule has 1 fully saturated rings. The number of benzene rings is 3. The van der Waals surface area contributed by atoms with Crippen LogP contribution >= 0.6 is 0 Å². The lowest BCUT2D eigenvalue weighted by atomic mass is 9.78. The third kappa shape index (κ3) is 8.06. The molecule has 0 heterocycles. The number of hydrogen-bond donors (Lipinski definition) is 3. The third-order valence-electron chi connectivity index (χ3n) is 8.09. The highest BCUT2D eigenvalue weighted by molar-refractivity contribution is 5.91. The van der Waals surface area contributed by atoms with E-state index >= 15 is 0 Å². The second-order valence-corrected chi connectivity index (χ2v) is 10.8. The van der Waals surface area contributed by atoms with Gasteiger partial charge < -0.3 is 20.4 Å². The number of carboxylic acid groups (broad SMARTS) is 2. The van der Waals surface area contributed by atoms with Gasteiger partial charge in [-0.15, -0.1) is 0 Å². The maximum atomic E-state index is 14.2. The summed E-state index contributed by atoms with van der Waals surface area (Å²) >= 11 is 0. The van der Waals surface area contributed by atoms with Crippen molar-refractivity contribution in [1.82, 2.24) is 10.2 Å². The van der Waals surface area contributed by atoms with Crippen molar-refractivity contribution in [3.8, 4) is 0 Å². The lowest BCUT2D eigenvalue weighted by Crippen LogP contribution is -2.47. The number of hydrogen-bond acceptors (Lipinski definition) is 4. The summed E-state index contributed by atoms with van der Waals surface area (Å²) in [6.45, 7) is 0.242. The van der Waals surface area contributed by atoms with E-state index in [-0.39, 0.29) is 25.4 Å². The van der Waals surface area contributed by atoms with Crippen LogP contribution in [0.15, 0.2) is 91.0 Å². The molecule has 1 unspecified atom stereocenters. The van der Waals surface area contributed by atoms with Crippen LogP contribution in [0.4, 0.5) is 0 Å². The van der Waals surface area contributed by atoms with Crippen LogP contribution in [-0.4, -0.2) is 52.0 Å². The predicted molar refractivity (Wildman–Crippen MR) is 159 cm³/mol. The quantitative estimate of drug-likeness (QED) is 0.258. The molecule has 0 aromatic heterocycles. The number of carboxylic acids is 2. The topological polar surface area (TPSA) is 124 Å². The molecule has 0 bridgehead atoms. The minimum atomic E-state index is -1.07. The number of aliphatic carboxylic acids is 2. The van der Waals surface area contributed by atoms with E-state index < -0.39 is 41.6 Å². The van der Waals surface area contributed by atoms with Crippen LogP contribution in [0.1, 0.15) is 67.2 Å². The number of nitrogens with zero attached hydrogens (tertiary/aromatic N) is 1. The Morgan fingerprint density at radius 2 is 1.21 bits per heavy atom. The van der Waals surface area contributed by atoms with Crippen LogP contribution in [0.2, 0.25) is 0 Å². The summed E-state index contributed by atoms with van der Waals surface area (Å²) in [5, 5.41) is 22.1. The Kier molecular flexibility index (Phi) is 10.9. The fraction of sp³-hybridized carbons (Fsp3) is 0.353. The van der Waals surface area contributed by atoms with Gasteiger partial charge in [0.05, 0.1) is 18.3 Å².